The largest absolute Gasteiger partial charge is 0.287 e. The van der Waals surface area contributed by atoms with Gasteiger partial charge in [-0.05, 0) is 18.9 Å². The Morgan fingerprint density at radius 1 is 1.23 bits per heavy atom. The molecule has 0 aliphatic carbocycles. The summed E-state index contributed by atoms with van der Waals surface area (Å²) in [4.78, 5) is 0. The number of rotatable bonds is 6. The third-order valence-corrected chi connectivity index (χ3v) is 1.97. The van der Waals surface area contributed by atoms with Crippen molar-refractivity contribution < 1.29 is 13.0 Å². The molecule has 76 valence electrons. The first kappa shape index (κ1) is 12.4. The molecule has 0 fully saturated rings. The number of hydrogen-bond acceptors (Lipinski definition) is 2. The van der Waals surface area contributed by atoms with Gasteiger partial charge in [0.25, 0.3) is 10.1 Å². The van der Waals surface area contributed by atoms with Crippen LogP contribution in [0.25, 0.3) is 0 Å². The zero-order valence-corrected chi connectivity index (χ0v) is 8.63. The van der Waals surface area contributed by atoms with Crippen molar-refractivity contribution in [3.63, 3.8) is 0 Å². The summed E-state index contributed by atoms with van der Waals surface area (Å²) >= 11 is 0. The van der Waals surface area contributed by atoms with E-state index in [9.17, 15) is 8.42 Å². The molecule has 0 amide bonds. The van der Waals surface area contributed by atoms with Gasteiger partial charge in [-0.1, -0.05) is 31.9 Å². The van der Waals surface area contributed by atoms with E-state index >= 15 is 0 Å². The Morgan fingerprint density at radius 3 is 2.46 bits per heavy atom. The van der Waals surface area contributed by atoms with Gasteiger partial charge in [-0.3, -0.25) is 4.55 Å². The van der Waals surface area contributed by atoms with Crippen LogP contribution < -0.4 is 0 Å². The fourth-order valence-electron chi connectivity index (χ4n) is 0.832. The Morgan fingerprint density at radius 2 is 1.92 bits per heavy atom. The summed E-state index contributed by atoms with van der Waals surface area (Å²) in [5.41, 5.74) is 0. The van der Waals surface area contributed by atoms with Crippen molar-refractivity contribution in [2.75, 3.05) is 0 Å². The van der Waals surface area contributed by atoms with E-state index in [4.69, 9.17) is 4.55 Å². The van der Waals surface area contributed by atoms with Gasteiger partial charge in [0.1, 0.15) is 0 Å². The van der Waals surface area contributed by atoms with Crippen LogP contribution >= 0.6 is 0 Å². The maximum Gasteiger partial charge on any atom is 0.287 e. The molecule has 0 atom stereocenters. The molecule has 0 bridgehead atoms. The number of hydrogen-bond donors (Lipinski definition) is 1. The minimum Gasteiger partial charge on any atom is -0.282 e. The highest BCUT2D eigenvalue weighted by Gasteiger charge is 1.91. The van der Waals surface area contributed by atoms with Crippen LogP contribution in [-0.4, -0.2) is 13.0 Å². The van der Waals surface area contributed by atoms with Crippen LogP contribution in [0, 0.1) is 0 Å². The fraction of sp³-hybridized carbons (Fsp3) is 0.556. The van der Waals surface area contributed by atoms with Gasteiger partial charge >= 0.3 is 0 Å². The van der Waals surface area contributed by atoms with E-state index in [-0.39, 0.29) is 0 Å². The third kappa shape index (κ3) is 11.4. The van der Waals surface area contributed by atoms with Crippen molar-refractivity contribution >= 4 is 10.1 Å². The predicted octanol–water partition coefficient (Wildman–Crippen LogP) is 2.52. The van der Waals surface area contributed by atoms with Gasteiger partial charge in [0.2, 0.25) is 0 Å². The van der Waals surface area contributed by atoms with E-state index in [1.807, 2.05) is 6.08 Å². The zero-order valence-electron chi connectivity index (χ0n) is 7.81. The van der Waals surface area contributed by atoms with Crippen molar-refractivity contribution in [2.45, 2.75) is 32.6 Å². The van der Waals surface area contributed by atoms with Crippen LogP contribution in [0.5, 0.6) is 0 Å². The molecule has 0 unspecified atom stereocenters. The number of allylic oxidation sites excluding steroid dienone is 3. The third-order valence-electron chi connectivity index (χ3n) is 1.47. The standard InChI is InChI=1S/C9H16O3S/c1-2-3-4-5-6-7-8-9-13(10,11)12/h6-9H,2-5H2,1H3,(H,10,11,12). The first-order chi connectivity index (χ1) is 6.06. The Kier molecular flexibility index (Phi) is 6.54. The van der Waals surface area contributed by atoms with Crippen molar-refractivity contribution in [3.05, 3.63) is 23.6 Å². The molecule has 0 rings (SSSR count). The van der Waals surface area contributed by atoms with E-state index in [0.29, 0.717) is 0 Å². The zero-order chi connectivity index (χ0) is 10.2. The molecule has 0 radical (unpaired) electrons. The monoisotopic (exact) mass is 204 g/mol. The lowest BCUT2D eigenvalue weighted by atomic mass is 10.2. The van der Waals surface area contributed by atoms with Crippen LogP contribution in [-0.2, 0) is 10.1 Å². The van der Waals surface area contributed by atoms with Crippen LogP contribution in [0.4, 0.5) is 0 Å². The lowest BCUT2D eigenvalue weighted by Crippen LogP contribution is -1.87. The quantitative estimate of drug-likeness (QED) is 0.411. The normalized spacial score (nSPS) is 13.1. The molecule has 1 N–H and O–H groups in total. The molecule has 0 aromatic heterocycles. The summed E-state index contributed by atoms with van der Waals surface area (Å²) in [7, 11) is -3.95. The van der Waals surface area contributed by atoms with E-state index in [0.717, 1.165) is 18.2 Å². The maximum atomic E-state index is 10.2. The molecule has 0 aromatic rings. The molecule has 13 heavy (non-hydrogen) atoms. The highest BCUT2D eigenvalue weighted by atomic mass is 32.2. The van der Waals surface area contributed by atoms with Gasteiger partial charge in [0.15, 0.2) is 0 Å². The summed E-state index contributed by atoms with van der Waals surface area (Å²) < 4.78 is 28.7. The van der Waals surface area contributed by atoms with Gasteiger partial charge in [0.05, 0.1) is 5.41 Å². The molecule has 0 heterocycles. The van der Waals surface area contributed by atoms with E-state index < -0.39 is 10.1 Å². The topological polar surface area (TPSA) is 54.4 Å². The molecule has 0 saturated heterocycles. The van der Waals surface area contributed by atoms with Gasteiger partial charge < -0.3 is 0 Å². The molecule has 0 aromatic carbocycles. The second kappa shape index (κ2) is 6.86. The smallest absolute Gasteiger partial charge is 0.282 e. The SMILES string of the molecule is CCCCCC=CC=CS(=O)(=O)O. The average molecular weight is 204 g/mol. The molecule has 0 spiro atoms. The van der Waals surface area contributed by atoms with E-state index in [1.54, 1.807) is 6.08 Å². The Hall–Kier alpha value is -0.610. The summed E-state index contributed by atoms with van der Waals surface area (Å²) in [5.74, 6) is 0. The van der Waals surface area contributed by atoms with Crippen LogP contribution in [0.3, 0.4) is 0 Å². The molecule has 4 heteroatoms. The second-order valence-electron chi connectivity index (χ2n) is 2.77. The van der Waals surface area contributed by atoms with Crippen molar-refractivity contribution in [3.8, 4) is 0 Å². The Balaban J connectivity index is 3.58. The number of unbranched alkanes of at least 4 members (excludes halogenated alkanes) is 3. The van der Waals surface area contributed by atoms with Crippen molar-refractivity contribution in [2.24, 2.45) is 0 Å². The van der Waals surface area contributed by atoms with Crippen molar-refractivity contribution in [1.82, 2.24) is 0 Å². The van der Waals surface area contributed by atoms with Gasteiger partial charge in [0, 0.05) is 0 Å². The summed E-state index contributed by atoms with van der Waals surface area (Å²) in [6, 6.07) is 0. The van der Waals surface area contributed by atoms with Gasteiger partial charge in [-0.15, -0.1) is 0 Å². The molecule has 0 aliphatic rings. The molecular weight excluding hydrogens is 188 g/mol. The minimum atomic E-state index is -3.95. The average Bonchev–Trinajstić information content (AvgIpc) is 2.01. The summed E-state index contributed by atoms with van der Waals surface area (Å²) in [6.07, 6.45) is 9.26. The Bertz CT molecular complexity index is 263. The second-order valence-corrected chi connectivity index (χ2v) is 4.07. The molecule has 3 nitrogen and oxygen atoms in total. The van der Waals surface area contributed by atoms with Crippen LogP contribution in [0.15, 0.2) is 23.6 Å². The van der Waals surface area contributed by atoms with Gasteiger partial charge in [-0.25, -0.2) is 0 Å². The van der Waals surface area contributed by atoms with Crippen LogP contribution in [0.1, 0.15) is 32.6 Å². The lowest BCUT2D eigenvalue weighted by molar-refractivity contribution is 0.494. The highest BCUT2D eigenvalue weighted by Crippen LogP contribution is 1.99. The summed E-state index contributed by atoms with van der Waals surface area (Å²) in [6.45, 7) is 2.13. The Labute approximate surface area is 79.9 Å². The molecule has 0 aliphatic heterocycles. The maximum absolute atomic E-state index is 10.2. The molecular formula is C9H16O3S. The van der Waals surface area contributed by atoms with Crippen molar-refractivity contribution in [1.29, 1.82) is 0 Å². The van der Waals surface area contributed by atoms with E-state index in [1.165, 1.54) is 18.9 Å². The highest BCUT2D eigenvalue weighted by molar-refractivity contribution is 7.88. The fourth-order valence-corrected chi connectivity index (χ4v) is 1.12. The summed E-state index contributed by atoms with van der Waals surface area (Å²) in [5, 5.41) is 0.767. The molecule has 0 saturated carbocycles. The lowest BCUT2D eigenvalue weighted by Gasteiger charge is -1.89. The first-order valence-electron chi connectivity index (χ1n) is 4.37. The van der Waals surface area contributed by atoms with Gasteiger partial charge in [-0.2, -0.15) is 8.42 Å². The minimum absolute atomic E-state index is 0.767. The van der Waals surface area contributed by atoms with E-state index in [2.05, 4.69) is 6.92 Å². The predicted molar refractivity (Wildman–Crippen MR) is 54.0 cm³/mol. The first-order valence-corrected chi connectivity index (χ1v) is 5.87. The van der Waals surface area contributed by atoms with Crippen LogP contribution in [0.2, 0.25) is 0 Å².